The number of amides is 3. The second-order valence-electron chi connectivity index (χ2n) is 8.70. The van der Waals surface area contributed by atoms with Crippen molar-refractivity contribution in [2.75, 3.05) is 36.4 Å². The van der Waals surface area contributed by atoms with Crippen molar-refractivity contribution in [3.05, 3.63) is 53.0 Å². The lowest BCUT2D eigenvalue weighted by Gasteiger charge is -2.44. The molecule has 1 aromatic carbocycles. The molecule has 3 amide bonds. The molecule has 2 N–H and O–H groups in total. The lowest BCUT2D eigenvalue weighted by molar-refractivity contribution is -0.138. The maximum absolute atomic E-state index is 13.7. The van der Waals surface area contributed by atoms with E-state index in [1.807, 2.05) is 0 Å². The van der Waals surface area contributed by atoms with Gasteiger partial charge in [-0.25, -0.2) is 9.37 Å². The first kappa shape index (κ1) is 25.4. The number of carbonyl (C=O) groups is 3. The number of piperazine rings is 1. The Labute approximate surface area is 204 Å². The van der Waals surface area contributed by atoms with E-state index in [-0.39, 0.29) is 31.1 Å². The number of halogens is 4. The summed E-state index contributed by atoms with van der Waals surface area (Å²) in [6.07, 6.45) is -0.588. The minimum atomic E-state index is -4.84. The van der Waals surface area contributed by atoms with Gasteiger partial charge in [-0.1, -0.05) is 19.8 Å². The van der Waals surface area contributed by atoms with Crippen LogP contribution in [-0.4, -0.2) is 59.8 Å². The Morgan fingerprint density at radius 1 is 1.19 bits per heavy atom. The maximum Gasteiger partial charge on any atom is 0.417 e. The van der Waals surface area contributed by atoms with E-state index in [1.54, 1.807) is 4.90 Å². The van der Waals surface area contributed by atoms with Crippen LogP contribution < -0.4 is 15.5 Å². The number of anilines is 2. The van der Waals surface area contributed by atoms with Gasteiger partial charge in [0.15, 0.2) is 5.82 Å². The van der Waals surface area contributed by atoms with E-state index >= 15 is 0 Å². The SMILES string of the molecule is CCCCCNC(=O)c1cnc2c(c1)NC(=O)C1CN(C(=O)c3cc(F)ccc3C(F)(F)F)CCN21. The molecule has 4 rings (SSSR count). The zero-order valence-corrected chi connectivity index (χ0v) is 19.5. The molecule has 8 nitrogen and oxygen atoms in total. The predicted octanol–water partition coefficient (Wildman–Crippen LogP) is 3.44. The van der Waals surface area contributed by atoms with Crippen molar-refractivity contribution in [2.45, 2.75) is 38.4 Å². The summed E-state index contributed by atoms with van der Waals surface area (Å²) in [4.78, 5) is 45.3. The fourth-order valence-electron chi connectivity index (χ4n) is 4.35. The molecule has 1 atom stereocenters. The number of aromatic nitrogens is 1. The van der Waals surface area contributed by atoms with E-state index in [0.717, 1.165) is 24.2 Å². The standard InChI is InChI=1S/C24H25F4N5O3/c1-2-3-4-7-29-21(34)14-10-18-20(30-12-14)33-9-8-32(13-19(33)22(35)31-18)23(36)16-11-15(25)5-6-17(16)24(26,27)28/h5-6,10-12,19H,2-4,7-9,13H2,1H3,(H,29,34)(H,31,35). The van der Waals surface area contributed by atoms with Crippen molar-refractivity contribution in [1.82, 2.24) is 15.2 Å². The molecule has 3 heterocycles. The Hall–Kier alpha value is -3.70. The molecule has 36 heavy (non-hydrogen) atoms. The third kappa shape index (κ3) is 5.12. The quantitative estimate of drug-likeness (QED) is 0.462. The van der Waals surface area contributed by atoms with Crippen molar-refractivity contribution < 1.29 is 31.9 Å². The highest BCUT2D eigenvalue weighted by molar-refractivity contribution is 6.05. The topological polar surface area (TPSA) is 94.6 Å². The summed E-state index contributed by atoms with van der Waals surface area (Å²) in [5, 5.41) is 5.48. The molecule has 1 saturated heterocycles. The highest BCUT2D eigenvalue weighted by atomic mass is 19.4. The Morgan fingerprint density at radius 2 is 1.97 bits per heavy atom. The van der Waals surface area contributed by atoms with Gasteiger partial charge in [-0.05, 0) is 30.7 Å². The van der Waals surface area contributed by atoms with Crippen molar-refractivity contribution in [2.24, 2.45) is 0 Å². The number of pyridine rings is 1. The summed E-state index contributed by atoms with van der Waals surface area (Å²) >= 11 is 0. The van der Waals surface area contributed by atoms with Gasteiger partial charge in [0.1, 0.15) is 11.9 Å². The minimum Gasteiger partial charge on any atom is -0.352 e. The molecule has 2 aliphatic heterocycles. The predicted molar refractivity (Wildman–Crippen MR) is 123 cm³/mol. The molecule has 2 aromatic rings. The van der Waals surface area contributed by atoms with Crippen LogP contribution in [0.4, 0.5) is 29.1 Å². The molecule has 1 unspecified atom stereocenters. The average Bonchev–Trinajstić information content (AvgIpc) is 2.84. The van der Waals surface area contributed by atoms with E-state index in [4.69, 9.17) is 0 Å². The molecule has 1 fully saturated rings. The fourth-order valence-corrected chi connectivity index (χ4v) is 4.35. The molecule has 12 heteroatoms. The lowest BCUT2D eigenvalue weighted by Crippen LogP contribution is -2.61. The van der Waals surface area contributed by atoms with Crippen LogP contribution in [0.25, 0.3) is 0 Å². The number of hydrogen-bond donors (Lipinski definition) is 2. The number of rotatable bonds is 6. The second-order valence-corrected chi connectivity index (χ2v) is 8.70. The first-order chi connectivity index (χ1) is 17.1. The van der Waals surface area contributed by atoms with E-state index in [1.165, 1.54) is 12.3 Å². The van der Waals surface area contributed by atoms with Crippen LogP contribution in [0.15, 0.2) is 30.5 Å². The van der Waals surface area contributed by atoms with E-state index < -0.39 is 41.0 Å². The van der Waals surface area contributed by atoms with Gasteiger partial charge in [-0.15, -0.1) is 0 Å². The van der Waals surface area contributed by atoms with Gasteiger partial charge in [-0.2, -0.15) is 13.2 Å². The number of benzene rings is 1. The first-order valence-corrected chi connectivity index (χ1v) is 11.6. The summed E-state index contributed by atoms with van der Waals surface area (Å²) < 4.78 is 53.9. The van der Waals surface area contributed by atoms with Crippen LogP contribution in [0.3, 0.4) is 0 Å². The number of unbranched alkanes of at least 4 members (excludes halogenated alkanes) is 2. The van der Waals surface area contributed by atoms with E-state index in [0.29, 0.717) is 36.2 Å². The van der Waals surface area contributed by atoms with Gasteiger partial charge in [-0.3, -0.25) is 14.4 Å². The van der Waals surface area contributed by atoms with E-state index in [9.17, 15) is 31.9 Å². The van der Waals surface area contributed by atoms with Crippen LogP contribution in [0.1, 0.15) is 52.5 Å². The molecule has 2 aliphatic rings. The molecular weight excluding hydrogens is 482 g/mol. The van der Waals surface area contributed by atoms with Crippen molar-refractivity contribution >= 4 is 29.2 Å². The van der Waals surface area contributed by atoms with Gasteiger partial charge in [0.2, 0.25) is 5.91 Å². The monoisotopic (exact) mass is 507 g/mol. The number of hydrogen-bond acceptors (Lipinski definition) is 5. The summed E-state index contributed by atoms with van der Waals surface area (Å²) in [5.74, 6) is -2.39. The summed E-state index contributed by atoms with van der Waals surface area (Å²) in [6.45, 7) is 2.48. The molecule has 0 aliphatic carbocycles. The van der Waals surface area contributed by atoms with Gasteiger partial charge < -0.3 is 20.4 Å². The fraction of sp³-hybridized carbons (Fsp3) is 0.417. The Balaban J connectivity index is 1.51. The molecule has 0 bridgehead atoms. The zero-order chi connectivity index (χ0) is 26.0. The smallest absolute Gasteiger partial charge is 0.352 e. The molecule has 1 aromatic heterocycles. The van der Waals surface area contributed by atoms with Crippen LogP contribution in [0, 0.1) is 5.82 Å². The number of carbonyl (C=O) groups excluding carboxylic acids is 3. The summed E-state index contributed by atoms with van der Waals surface area (Å²) in [6, 6.07) is 2.35. The van der Waals surface area contributed by atoms with Gasteiger partial charge in [0, 0.05) is 25.8 Å². The highest BCUT2D eigenvalue weighted by Crippen LogP contribution is 2.35. The highest BCUT2D eigenvalue weighted by Gasteiger charge is 2.42. The molecule has 0 spiro atoms. The Morgan fingerprint density at radius 3 is 2.69 bits per heavy atom. The normalized spacial score (nSPS) is 17.2. The summed E-state index contributed by atoms with van der Waals surface area (Å²) in [5.41, 5.74) is -1.43. The molecule has 0 radical (unpaired) electrons. The van der Waals surface area contributed by atoms with Crippen LogP contribution in [-0.2, 0) is 11.0 Å². The Kier molecular flexibility index (Phi) is 7.14. The molecule has 0 saturated carbocycles. The molecule has 192 valence electrons. The van der Waals surface area contributed by atoms with Gasteiger partial charge in [0.25, 0.3) is 11.8 Å². The third-order valence-electron chi connectivity index (χ3n) is 6.21. The van der Waals surface area contributed by atoms with Gasteiger partial charge in [0.05, 0.1) is 28.9 Å². The minimum absolute atomic E-state index is 0.00277. The number of nitrogens with one attached hydrogen (secondary N) is 2. The first-order valence-electron chi connectivity index (χ1n) is 11.6. The number of fused-ring (bicyclic) bond motifs is 3. The molecular formula is C24H25F4N5O3. The van der Waals surface area contributed by atoms with Crippen LogP contribution in [0.2, 0.25) is 0 Å². The summed E-state index contributed by atoms with van der Waals surface area (Å²) in [7, 11) is 0. The largest absolute Gasteiger partial charge is 0.417 e. The van der Waals surface area contributed by atoms with E-state index in [2.05, 4.69) is 22.5 Å². The number of alkyl halides is 3. The Bertz CT molecular complexity index is 1190. The van der Waals surface area contributed by atoms with Crippen molar-refractivity contribution in [3.8, 4) is 0 Å². The maximum atomic E-state index is 13.7. The van der Waals surface area contributed by atoms with Gasteiger partial charge >= 0.3 is 6.18 Å². The zero-order valence-electron chi connectivity index (χ0n) is 19.5. The van der Waals surface area contributed by atoms with Crippen molar-refractivity contribution in [3.63, 3.8) is 0 Å². The van der Waals surface area contributed by atoms with Crippen LogP contribution in [0.5, 0.6) is 0 Å². The third-order valence-corrected chi connectivity index (χ3v) is 6.21. The average molecular weight is 507 g/mol. The van der Waals surface area contributed by atoms with Crippen LogP contribution >= 0.6 is 0 Å². The lowest BCUT2D eigenvalue weighted by atomic mass is 10.0. The van der Waals surface area contributed by atoms with Crippen molar-refractivity contribution in [1.29, 1.82) is 0 Å². The number of nitrogens with zero attached hydrogens (tertiary/aromatic N) is 3. The second kappa shape index (κ2) is 10.1.